The van der Waals surface area contributed by atoms with E-state index < -0.39 is 49.0 Å². The second-order valence-electron chi connectivity index (χ2n) is 6.90. The van der Waals surface area contributed by atoms with Crippen LogP contribution in [0.3, 0.4) is 0 Å². The fourth-order valence-corrected chi connectivity index (χ4v) is 2.92. The van der Waals surface area contributed by atoms with E-state index in [4.69, 9.17) is 14.2 Å². The minimum Gasteiger partial charge on any atom is -0.504 e. The number of carbonyl (C=O) groups is 1. The van der Waals surface area contributed by atoms with E-state index in [0.29, 0.717) is 5.56 Å². The molecule has 0 bridgehead atoms. The molecule has 0 radical (unpaired) electrons. The van der Waals surface area contributed by atoms with Crippen LogP contribution in [0.25, 0.3) is 0 Å². The van der Waals surface area contributed by atoms with E-state index in [1.807, 2.05) is 0 Å². The second-order valence-corrected chi connectivity index (χ2v) is 6.90. The third-order valence-corrected chi connectivity index (χ3v) is 4.70. The van der Waals surface area contributed by atoms with Crippen LogP contribution in [0, 0.1) is 0 Å². The highest BCUT2D eigenvalue weighted by Crippen LogP contribution is 2.31. The lowest BCUT2D eigenvalue weighted by Gasteiger charge is -2.39. The van der Waals surface area contributed by atoms with E-state index in [2.05, 4.69) is 0 Å². The van der Waals surface area contributed by atoms with Gasteiger partial charge in [-0.05, 0) is 35.9 Å². The van der Waals surface area contributed by atoms with E-state index in [0.717, 1.165) is 12.1 Å². The molecule has 0 aliphatic carbocycles. The molecule has 0 spiro atoms. The molecule has 7 N–H and O–H groups in total. The number of hydrogen-bond acceptors (Lipinski definition) is 11. The van der Waals surface area contributed by atoms with Crippen LogP contribution >= 0.6 is 0 Å². The Labute approximate surface area is 175 Å². The van der Waals surface area contributed by atoms with Gasteiger partial charge in [-0.25, -0.2) is 4.79 Å². The first-order valence-electron chi connectivity index (χ1n) is 9.19. The lowest BCUT2D eigenvalue weighted by molar-refractivity contribution is -0.277. The number of ether oxygens (including phenoxy) is 3. The number of phenolic OH excluding ortho intramolecular Hbond substituents is 3. The summed E-state index contributed by atoms with van der Waals surface area (Å²) in [5.74, 6) is -2.12. The molecule has 0 saturated carbocycles. The van der Waals surface area contributed by atoms with Gasteiger partial charge in [0, 0.05) is 0 Å². The molecule has 0 unspecified atom stereocenters. The van der Waals surface area contributed by atoms with Crippen molar-refractivity contribution in [3.63, 3.8) is 0 Å². The summed E-state index contributed by atoms with van der Waals surface area (Å²) in [7, 11) is 0. The van der Waals surface area contributed by atoms with Crippen LogP contribution in [0.5, 0.6) is 23.0 Å². The van der Waals surface area contributed by atoms with Gasteiger partial charge in [-0.15, -0.1) is 0 Å². The maximum Gasteiger partial charge on any atom is 0.338 e. The number of hydrogen-bond donors (Lipinski definition) is 7. The van der Waals surface area contributed by atoms with Crippen LogP contribution in [0.15, 0.2) is 36.4 Å². The number of benzene rings is 2. The molecule has 11 nitrogen and oxygen atoms in total. The highest BCUT2D eigenvalue weighted by molar-refractivity contribution is 5.90. The minimum atomic E-state index is -1.64. The van der Waals surface area contributed by atoms with Crippen molar-refractivity contribution in [2.45, 2.75) is 37.3 Å². The first kappa shape index (κ1) is 22.6. The number of carbonyl (C=O) groups excluding carboxylic acids is 1. The SMILES string of the molecule is O=C(OCc1ccc(O[C@@H]2O[C@H](CO)[C@@H](O)[C@H](O)[C@H]2O)c(O)c1)c1ccc(O)c(O)c1. The van der Waals surface area contributed by atoms with Gasteiger partial charge < -0.3 is 50.0 Å². The summed E-state index contributed by atoms with van der Waals surface area (Å²) in [4.78, 5) is 12.0. The van der Waals surface area contributed by atoms with Gasteiger partial charge in [0.05, 0.1) is 12.2 Å². The number of aliphatic hydroxyl groups is 4. The third kappa shape index (κ3) is 4.98. The zero-order chi connectivity index (χ0) is 22.7. The largest absolute Gasteiger partial charge is 0.504 e. The molecule has 5 atom stereocenters. The van der Waals surface area contributed by atoms with Gasteiger partial charge >= 0.3 is 5.97 Å². The van der Waals surface area contributed by atoms with Crippen LogP contribution < -0.4 is 4.74 Å². The van der Waals surface area contributed by atoms with Crippen LogP contribution in [0.4, 0.5) is 0 Å². The van der Waals surface area contributed by atoms with Crippen molar-refractivity contribution in [2.75, 3.05) is 6.61 Å². The highest BCUT2D eigenvalue weighted by atomic mass is 16.7. The zero-order valence-electron chi connectivity index (χ0n) is 16.0. The quantitative estimate of drug-likeness (QED) is 0.224. The topological polar surface area (TPSA) is 186 Å². The number of aliphatic hydroxyl groups excluding tert-OH is 4. The predicted octanol–water partition coefficient (Wildman–Crippen LogP) is -0.661. The van der Waals surface area contributed by atoms with E-state index >= 15 is 0 Å². The van der Waals surface area contributed by atoms with E-state index in [9.17, 15) is 40.5 Å². The first-order chi connectivity index (χ1) is 14.7. The van der Waals surface area contributed by atoms with Crippen molar-refractivity contribution in [2.24, 2.45) is 0 Å². The van der Waals surface area contributed by atoms with Gasteiger partial charge in [0.15, 0.2) is 23.0 Å². The molecule has 1 heterocycles. The Morgan fingerprint density at radius 3 is 2.29 bits per heavy atom. The summed E-state index contributed by atoms with van der Waals surface area (Å²) in [6, 6.07) is 7.47. The normalized spacial score (nSPS) is 25.7. The Balaban J connectivity index is 1.63. The average Bonchev–Trinajstić information content (AvgIpc) is 2.75. The number of aromatic hydroxyl groups is 3. The fraction of sp³-hybridized carbons (Fsp3) is 0.350. The standard InChI is InChI=1S/C20H22O11/c21-7-15-16(25)17(26)18(27)20(31-15)30-14-4-1-9(5-13(14)24)8-29-19(28)10-2-3-11(22)12(23)6-10/h1-6,15-18,20-27H,7-8H2/t15-,16-,17+,18-,20-/m1/s1. The molecule has 31 heavy (non-hydrogen) atoms. The Kier molecular flexibility index (Phi) is 6.83. The number of phenols is 3. The molecule has 0 aromatic heterocycles. The summed E-state index contributed by atoms with van der Waals surface area (Å²) in [6.07, 6.45) is -7.44. The molecule has 2 aromatic carbocycles. The van der Waals surface area contributed by atoms with Crippen molar-refractivity contribution in [1.82, 2.24) is 0 Å². The van der Waals surface area contributed by atoms with Crippen LogP contribution in [0.1, 0.15) is 15.9 Å². The van der Waals surface area contributed by atoms with Crippen LogP contribution in [-0.2, 0) is 16.1 Å². The molecular weight excluding hydrogens is 416 g/mol. The first-order valence-corrected chi connectivity index (χ1v) is 9.19. The van der Waals surface area contributed by atoms with E-state index in [-0.39, 0.29) is 29.4 Å². The third-order valence-electron chi connectivity index (χ3n) is 4.70. The summed E-state index contributed by atoms with van der Waals surface area (Å²) >= 11 is 0. The average molecular weight is 438 g/mol. The van der Waals surface area contributed by atoms with Crippen molar-refractivity contribution in [3.8, 4) is 23.0 Å². The minimum absolute atomic E-state index is 0.0158. The Hall–Kier alpha value is -3.09. The van der Waals surface area contributed by atoms with E-state index in [1.165, 1.54) is 24.3 Å². The van der Waals surface area contributed by atoms with Crippen LogP contribution in [-0.4, -0.2) is 79.0 Å². The molecule has 0 amide bonds. The Morgan fingerprint density at radius 1 is 0.903 bits per heavy atom. The predicted molar refractivity (Wildman–Crippen MR) is 101 cm³/mol. The maximum atomic E-state index is 12.0. The summed E-state index contributed by atoms with van der Waals surface area (Å²) in [6.45, 7) is -0.853. The van der Waals surface area contributed by atoms with Crippen molar-refractivity contribution >= 4 is 5.97 Å². The lowest BCUT2D eigenvalue weighted by atomic mass is 9.99. The van der Waals surface area contributed by atoms with Gasteiger partial charge in [-0.1, -0.05) is 6.07 Å². The maximum absolute atomic E-state index is 12.0. The van der Waals surface area contributed by atoms with Crippen molar-refractivity contribution in [1.29, 1.82) is 0 Å². The molecule has 3 rings (SSSR count). The van der Waals surface area contributed by atoms with Gasteiger partial charge in [0.25, 0.3) is 0 Å². The van der Waals surface area contributed by atoms with Crippen LogP contribution in [0.2, 0.25) is 0 Å². The molecule has 11 heteroatoms. The Bertz CT molecular complexity index is 929. The highest BCUT2D eigenvalue weighted by Gasteiger charge is 2.44. The van der Waals surface area contributed by atoms with Gasteiger partial charge in [-0.3, -0.25) is 0 Å². The summed E-state index contributed by atoms with van der Waals surface area (Å²) in [5, 5.41) is 67.7. The van der Waals surface area contributed by atoms with Gasteiger partial charge in [0.1, 0.15) is 31.0 Å². The van der Waals surface area contributed by atoms with Crippen molar-refractivity contribution in [3.05, 3.63) is 47.5 Å². The zero-order valence-corrected chi connectivity index (χ0v) is 16.0. The molecule has 168 valence electrons. The molecule has 1 aliphatic rings. The summed E-state index contributed by atoms with van der Waals surface area (Å²) in [5.41, 5.74) is 0.400. The molecular formula is C20H22O11. The smallest absolute Gasteiger partial charge is 0.338 e. The number of esters is 1. The van der Waals surface area contributed by atoms with Gasteiger partial charge in [0.2, 0.25) is 6.29 Å². The van der Waals surface area contributed by atoms with E-state index in [1.54, 1.807) is 0 Å². The molecule has 1 aliphatic heterocycles. The monoisotopic (exact) mass is 438 g/mol. The fourth-order valence-electron chi connectivity index (χ4n) is 2.92. The summed E-state index contributed by atoms with van der Waals surface area (Å²) < 4.78 is 15.7. The molecule has 1 saturated heterocycles. The van der Waals surface area contributed by atoms with Crippen molar-refractivity contribution < 1.29 is 54.8 Å². The lowest BCUT2D eigenvalue weighted by Crippen LogP contribution is -2.60. The number of rotatable bonds is 6. The second kappa shape index (κ2) is 9.37. The molecule has 1 fully saturated rings. The Morgan fingerprint density at radius 2 is 1.65 bits per heavy atom. The van der Waals surface area contributed by atoms with Gasteiger partial charge in [-0.2, -0.15) is 0 Å². The molecule has 2 aromatic rings.